The van der Waals surface area contributed by atoms with Crippen LogP contribution >= 0.6 is 0 Å². The quantitative estimate of drug-likeness (QED) is 0.393. The lowest BCUT2D eigenvalue weighted by atomic mass is 10.2. The number of hydrogen-bond donors (Lipinski definition) is 1. The molecule has 126 valence electrons. The number of amidine groups is 1. The van der Waals surface area contributed by atoms with Crippen molar-refractivity contribution in [3.63, 3.8) is 0 Å². The molecule has 3 rings (SSSR count). The first-order valence-corrected chi connectivity index (χ1v) is 7.56. The molecule has 0 spiro atoms. The molecule has 0 atom stereocenters. The van der Waals surface area contributed by atoms with Crippen LogP contribution in [0, 0.1) is 0 Å². The van der Waals surface area contributed by atoms with Crippen molar-refractivity contribution < 1.29 is 19.1 Å². The fourth-order valence-corrected chi connectivity index (χ4v) is 2.27. The first-order chi connectivity index (χ1) is 11.7. The van der Waals surface area contributed by atoms with Crippen LogP contribution in [0.1, 0.15) is 0 Å². The van der Waals surface area contributed by atoms with Crippen molar-refractivity contribution in [2.75, 3.05) is 32.9 Å². The number of aromatic nitrogens is 1. The van der Waals surface area contributed by atoms with E-state index >= 15 is 0 Å². The number of hydrogen-bond acceptors (Lipinski definition) is 6. The number of pyridine rings is 1. The smallest absolute Gasteiger partial charge is 0.436 e. The summed E-state index contributed by atoms with van der Waals surface area (Å²) in [7, 11) is 0. The Hall–Kier alpha value is -2.87. The molecule has 1 fully saturated rings. The zero-order valence-corrected chi connectivity index (χ0v) is 13.1. The van der Waals surface area contributed by atoms with E-state index in [9.17, 15) is 4.79 Å². The van der Waals surface area contributed by atoms with Crippen LogP contribution in [0.4, 0.5) is 4.79 Å². The van der Waals surface area contributed by atoms with Gasteiger partial charge in [0.15, 0.2) is 5.84 Å². The largest absolute Gasteiger partial charge is 0.483 e. The number of benzene rings is 1. The molecule has 8 heteroatoms. The van der Waals surface area contributed by atoms with E-state index in [-0.39, 0.29) is 12.4 Å². The minimum atomic E-state index is -0.548. The monoisotopic (exact) mass is 330 g/mol. The standard InChI is InChI=1S/C16H18N4O4/c17-14(19-24-16(21)20-7-9-22-10-8-20)11-23-13-5-1-3-12-4-2-6-18-15(12)13/h1-6H,7-11H2,(H2,17,19). The molecule has 1 saturated heterocycles. The van der Waals surface area contributed by atoms with Crippen LogP contribution in [0.5, 0.6) is 5.75 Å². The van der Waals surface area contributed by atoms with E-state index < -0.39 is 6.09 Å². The Morgan fingerprint density at radius 3 is 2.92 bits per heavy atom. The molecule has 8 nitrogen and oxygen atoms in total. The van der Waals surface area contributed by atoms with Gasteiger partial charge >= 0.3 is 6.09 Å². The lowest BCUT2D eigenvalue weighted by molar-refractivity contribution is 0.0277. The van der Waals surface area contributed by atoms with Crippen molar-refractivity contribution in [1.29, 1.82) is 0 Å². The van der Waals surface area contributed by atoms with Crippen LogP contribution in [0.3, 0.4) is 0 Å². The Bertz CT molecular complexity index is 738. The van der Waals surface area contributed by atoms with Crippen LogP contribution < -0.4 is 10.5 Å². The molecule has 2 heterocycles. The number of carbonyl (C=O) groups excluding carboxylic acids is 1. The molecule has 1 aliphatic heterocycles. The van der Waals surface area contributed by atoms with Crippen molar-refractivity contribution in [2.24, 2.45) is 10.9 Å². The second-order valence-electron chi connectivity index (χ2n) is 5.16. The molecule has 1 amide bonds. The van der Waals surface area contributed by atoms with Crippen molar-refractivity contribution in [3.8, 4) is 5.75 Å². The molecule has 2 aromatic rings. The van der Waals surface area contributed by atoms with Crippen LogP contribution in [0.2, 0.25) is 0 Å². The molecule has 0 bridgehead atoms. The minimum absolute atomic E-state index is 0.00786. The zero-order valence-electron chi connectivity index (χ0n) is 13.1. The normalized spacial score (nSPS) is 15.3. The van der Waals surface area contributed by atoms with Crippen molar-refractivity contribution >= 4 is 22.8 Å². The van der Waals surface area contributed by atoms with E-state index in [1.807, 2.05) is 24.3 Å². The van der Waals surface area contributed by atoms with E-state index in [1.54, 1.807) is 12.3 Å². The number of oxime groups is 1. The molecule has 1 aliphatic rings. The predicted octanol–water partition coefficient (Wildman–Crippen LogP) is 1.35. The maximum Gasteiger partial charge on any atom is 0.436 e. The molecular weight excluding hydrogens is 312 g/mol. The van der Waals surface area contributed by atoms with Crippen molar-refractivity contribution in [3.05, 3.63) is 36.5 Å². The van der Waals surface area contributed by atoms with Crippen molar-refractivity contribution in [2.45, 2.75) is 0 Å². The molecule has 24 heavy (non-hydrogen) atoms. The molecule has 2 N–H and O–H groups in total. The second-order valence-corrected chi connectivity index (χ2v) is 5.16. The zero-order chi connectivity index (χ0) is 16.8. The van der Waals surface area contributed by atoms with Gasteiger partial charge in [0.1, 0.15) is 17.9 Å². The summed E-state index contributed by atoms with van der Waals surface area (Å²) in [6.45, 7) is 1.93. The van der Waals surface area contributed by atoms with Gasteiger partial charge in [-0.05, 0) is 12.1 Å². The summed E-state index contributed by atoms with van der Waals surface area (Å²) in [5.74, 6) is 0.648. The first-order valence-electron chi connectivity index (χ1n) is 7.56. The minimum Gasteiger partial charge on any atom is -0.483 e. The van der Waals surface area contributed by atoms with E-state index in [0.29, 0.717) is 32.1 Å². The molecule has 0 radical (unpaired) electrons. The highest BCUT2D eigenvalue weighted by molar-refractivity contribution is 5.86. The highest BCUT2D eigenvalue weighted by Crippen LogP contribution is 2.22. The van der Waals surface area contributed by atoms with E-state index in [4.69, 9.17) is 20.0 Å². The second kappa shape index (κ2) is 7.60. The van der Waals surface area contributed by atoms with Gasteiger partial charge in [0.25, 0.3) is 0 Å². The first kappa shape index (κ1) is 16.0. The van der Waals surface area contributed by atoms with E-state index in [2.05, 4.69) is 10.1 Å². The molecule has 1 aromatic carbocycles. The third-order valence-electron chi connectivity index (χ3n) is 3.48. The third-order valence-corrected chi connectivity index (χ3v) is 3.48. The average Bonchev–Trinajstić information content (AvgIpc) is 2.65. The lowest BCUT2D eigenvalue weighted by Gasteiger charge is -2.24. The number of morpholine rings is 1. The lowest BCUT2D eigenvalue weighted by Crippen LogP contribution is -2.40. The highest BCUT2D eigenvalue weighted by Gasteiger charge is 2.18. The van der Waals surface area contributed by atoms with Crippen LogP contribution in [-0.4, -0.2) is 54.7 Å². The number of nitrogens with two attached hydrogens (primary N) is 1. The fourth-order valence-electron chi connectivity index (χ4n) is 2.27. The Labute approximate surface area is 138 Å². The maximum atomic E-state index is 11.8. The van der Waals surface area contributed by atoms with E-state index in [1.165, 1.54) is 4.90 Å². The number of rotatable bonds is 4. The maximum absolute atomic E-state index is 11.8. The summed E-state index contributed by atoms with van der Waals surface area (Å²) in [6.07, 6.45) is 1.14. The number of amides is 1. The van der Waals surface area contributed by atoms with Gasteiger partial charge < -0.3 is 20.1 Å². The van der Waals surface area contributed by atoms with Gasteiger partial charge in [-0.2, -0.15) is 0 Å². The van der Waals surface area contributed by atoms with Gasteiger partial charge in [0.2, 0.25) is 0 Å². The average molecular weight is 330 g/mol. The summed E-state index contributed by atoms with van der Waals surface area (Å²) in [5, 5.41) is 4.57. The van der Waals surface area contributed by atoms with Crippen molar-refractivity contribution in [1.82, 2.24) is 9.88 Å². The topological polar surface area (TPSA) is 99.3 Å². The SMILES string of the molecule is N/C(COc1cccc2cccnc12)=N\OC(=O)N1CCOCC1. The fraction of sp³-hybridized carbons (Fsp3) is 0.312. The number of para-hydroxylation sites is 1. The van der Waals surface area contributed by atoms with Gasteiger partial charge in [-0.25, -0.2) is 4.79 Å². The Kier molecular flexibility index (Phi) is 5.07. The van der Waals surface area contributed by atoms with Gasteiger partial charge in [0, 0.05) is 24.7 Å². The number of ether oxygens (including phenoxy) is 2. The van der Waals surface area contributed by atoms with Crippen LogP contribution in [0.15, 0.2) is 41.7 Å². The van der Waals surface area contributed by atoms with Gasteiger partial charge in [-0.1, -0.05) is 23.4 Å². The van der Waals surface area contributed by atoms with Gasteiger partial charge in [0.05, 0.1) is 13.2 Å². The van der Waals surface area contributed by atoms with Gasteiger partial charge in [-0.15, -0.1) is 0 Å². The van der Waals surface area contributed by atoms with E-state index in [0.717, 1.165) is 10.9 Å². The summed E-state index contributed by atoms with van der Waals surface area (Å²) in [4.78, 5) is 22.4. The Morgan fingerprint density at radius 2 is 2.08 bits per heavy atom. The number of nitrogens with zero attached hydrogens (tertiary/aromatic N) is 3. The summed E-state index contributed by atoms with van der Waals surface area (Å²) < 4.78 is 10.8. The summed E-state index contributed by atoms with van der Waals surface area (Å²) in [6, 6.07) is 9.40. The summed E-state index contributed by atoms with van der Waals surface area (Å²) >= 11 is 0. The molecule has 0 saturated carbocycles. The van der Waals surface area contributed by atoms with Crippen LogP contribution in [0.25, 0.3) is 10.9 Å². The molecular formula is C16H18N4O4. The number of fused-ring (bicyclic) bond motifs is 1. The Balaban J connectivity index is 1.56. The Morgan fingerprint density at radius 1 is 1.29 bits per heavy atom. The highest BCUT2D eigenvalue weighted by atomic mass is 16.7. The third kappa shape index (κ3) is 3.90. The molecule has 0 unspecified atom stereocenters. The van der Waals surface area contributed by atoms with Crippen LogP contribution in [-0.2, 0) is 9.57 Å². The number of carbonyl (C=O) groups is 1. The predicted molar refractivity (Wildman–Crippen MR) is 87.7 cm³/mol. The van der Waals surface area contributed by atoms with Gasteiger partial charge in [-0.3, -0.25) is 9.82 Å². The summed E-state index contributed by atoms with van der Waals surface area (Å²) in [5.41, 5.74) is 6.46. The molecule has 1 aromatic heterocycles. The molecule has 0 aliphatic carbocycles.